The van der Waals surface area contributed by atoms with Crippen LogP contribution in [0.3, 0.4) is 0 Å². The molecule has 0 radical (unpaired) electrons. The second-order valence-electron chi connectivity index (χ2n) is 12.3. The smallest absolute Gasteiger partial charge is 0.408 e. The molecule has 0 saturated carbocycles. The van der Waals surface area contributed by atoms with Crippen LogP contribution in [0.2, 0.25) is 0 Å². The molecule has 1 aliphatic heterocycles. The minimum atomic E-state index is -1.13. The predicted molar refractivity (Wildman–Crippen MR) is 182 cm³/mol. The lowest BCUT2D eigenvalue weighted by atomic mass is 9.94. The summed E-state index contributed by atoms with van der Waals surface area (Å²) in [6.45, 7) is 0.701. The summed E-state index contributed by atoms with van der Waals surface area (Å²) in [6, 6.07) is 15.6. The number of H-pyrrole nitrogens is 2. The largest absolute Gasteiger partial charge is 0.480 e. The summed E-state index contributed by atoms with van der Waals surface area (Å²) < 4.78 is 5.28. The number of hydrogen-bond acceptors (Lipinski definition) is 8. The van der Waals surface area contributed by atoms with Crippen molar-refractivity contribution >= 4 is 40.7 Å². The number of nitrogens with zero attached hydrogens (tertiary/aromatic N) is 2. The highest BCUT2D eigenvalue weighted by atomic mass is 16.5. The molecule has 3 heterocycles. The van der Waals surface area contributed by atoms with Crippen molar-refractivity contribution in [2.75, 3.05) is 19.6 Å². The normalized spacial score (nSPS) is 15.1. The van der Waals surface area contributed by atoms with Crippen molar-refractivity contribution in [2.45, 2.75) is 56.8 Å². The number of aromatic nitrogens is 3. The fraction of sp³-hybridized carbons (Fsp3) is 0.371. The molecule has 0 spiro atoms. The third kappa shape index (κ3) is 9.92. The number of imidazole rings is 1. The van der Waals surface area contributed by atoms with Crippen LogP contribution in [0.25, 0.3) is 10.9 Å². The van der Waals surface area contributed by atoms with Crippen molar-refractivity contribution in [1.29, 1.82) is 0 Å². The van der Waals surface area contributed by atoms with Gasteiger partial charge in [-0.1, -0.05) is 48.5 Å². The number of carbonyl (C=O) groups is 5. The maximum atomic E-state index is 13.1. The molecule has 1 fully saturated rings. The predicted octanol–water partition coefficient (Wildman–Crippen LogP) is 1.61. The highest BCUT2D eigenvalue weighted by Gasteiger charge is 2.32. The van der Waals surface area contributed by atoms with Gasteiger partial charge in [0, 0.05) is 61.5 Å². The first-order valence-electron chi connectivity index (χ1n) is 16.5. The average Bonchev–Trinajstić information content (AvgIpc) is 3.80. The number of rotatable bonds is 15. The Balaban J connectivity index is 1.05. The number of fused-ring (bicyclic) bond motifs is 1. The molecule has 0 bridgehead atoms. The number of hydrogen-bond donors (Lipinski definition) is 7. The molecular formula is C35H42N8O7. The number of nitrogens with one attached hydrogen (secondary N) is 5. The summed E-state index contributed by atoms with van der Waals surface area (Å²) in [5, 5.41) is 18.7. The van der Waals surface area contributed by atoms with Crippen LogP contribution in [0.1, 0.15) is 36.2 Å². The van der Waals surface area contributed by atoms with Gasteiger partial charge in [0.25, 0.3) is 0 Å². The SMILES string of the molecule is N[C@@H](CCNC(=O)[C@H](Cc1cnc[nH]1)NC(=O)OCc1ccccc1)C(=O)N1CCC(C(=O)N[C@@H](Cc2cc3ccccc3[nH]2)C(=O)O)CC1. The number of aliphatic carboxylic acids is 1. The van der Waals surface area contributed by atoms with E-state index in [1.165, 1.54) is 6.33 Å². The van der Waals surface area contributed by atoms with Crippen LogP contribution in [0.4, 0.5) is 4.79 Å². The zero-order valence-electron chi connectivity index (χ0n) is 27.5. The summed E-state index contributed by atoms with van der Waals surface area (Å²) in [5.74, 6) is -2.73. The van der Waals surface area contributed by atoms with E-state index in [0.29, 0.717) is 24.2 Å². The van der Waals surface area contributed by atoms with Gasteiger partial charge in [-0.15, -0.1) is 0 Å². The number of amides is 4. The molecule has 2 aromatic carbocycles. The minimum Gasteiger partial charge on any atom is -0.480 e. The number of carbonyl (C=O) groups excluding carboxylic acids is 4. The van der Waals surface area contributed by atoms with E-state index in [-0.39, 0.29) is 57.3 Å². The van der Waals surface area contributed by atoms with Crippen molar-refractivity contribution < 1.29 is 33.8 Å². The number of carboxylic acids is 1. The third-order valence-corrected chi connectivity index (χ3v) is 8.67. The summed E-state index contributed by atoms with van der Waals surface area (Å²) >= 11 is 0. The number of carboxylic acid groups (broad SMARTS) is 1. The van der Waals surface area contributed by atoms with Crippen LogP contribution >= 0.6 is 0 Å². The number of likely N-dealkylation sites (tertiary alicyclic amines) is 1. The Bertz CT molecular complexity index is 1720. The minimum absolute atomic E-state index is 0.0403. The van der Waals surface area contributed by atoms with E-state index in [0.717, 1.165) is 16.5 Å². The van der Waals surface area contributed by atoms with E-state index in [2.05, 4.69) is 30.9 Å². The van der Waals surface area contributed by atoms with Crippen molar-refractivity contribution in [2.24, 2.45) is 11.7 Å². The van der Waals surface area contributed by atoms with Crippen LogP contribution in [0.15, 0.2) is 73.2 Å². The van der Waals surface area contributed by atoms with Gasteiger partial charge in [-0.25, -0.2) is 14.6 Å². The molecule has 15 nitrogen and oxygen atoms in total. The zero-order valence-corrected chi connectivity index (χ0v) is 27.5. The van der Waals surface area contributed by atoms with Crippen LogP contribution in [-0.4, -0.2) is 92.5 Å². The second-order valence-corrected chi connectivity index (χ2v) is 12.3. The van der Waals surface area contributed by atoms with Crippen molar-refractivity contribution in [3.8, 4) is 0 Å². The fourth-order valence-corrected chi connectivity index (χ4v) is 5.88. The topological polar surface area (TPSA) is 225 Å². The number of ether oxygens (including phenoxy) is 1. The maximum absolute atomic E-state index is 13.1. The van der Waals surface area contributed by atoms with Crippen LogP contribution in [0, 0.1) is 5.92 Å². The molecule has 0 unspecified atom stereocenters. The lowest BCUT2D eigenvalue weighted by Crippen LogP contribution is -2.52. The second kappa shape index (κ2) is 17.1. The first kappa shape index (κ1) is 35.6. The van der Waals surface area contributed by atoms with Crippen molar-refractivity contribution in [3.63, 3.8) is 0 Å². The standard InChI is InChI=1S/C35H42N8O7/c36-27(10-13-38-32(45)29(18-26-19-37-21-39-26)42-35(49)50-20-22-6-2-1-3-7-22)33(46)43-14-11-23(12-15-43)31(44)41-30(34(47)48)17-25-16-24-8-4-5-9-28(24)40-25/h1-9,16,19,21,23,27,29-30,40H,10-15,17-18,20,36H2,(H,37,39)(H,38,45)(H,41,44)(H,42,49)(H,47,48)/t27-,29-,30-/m0/s1. The van der Waals surface area contributed by atoms with Crippen LogP contribution in [0.5, 0.6) is 0 Å². The van der Waals surface area contributed by atoms with Crippen molar-refractivity contribution in [1.82, 2.24) is 35.8 Å². The maximum Gasteiger partial charge on any atom is 0.408 e. The van der Waals surface area contributed by atoms with E-state index in [1.807, 2.05) is 60.7 Å². The van der Waals surface area contributed by atoms with Gasteiger partial charge in [-0.05, 0) is 42.3 Å². The molecule has 15 heteroatoms. The molecule has 4 aromatic rings. The monoisotopic (exact) mass is 686 g/mol. The molecular weight excluding hydrogens is 644 g/mol. The van der Waals surface area contributed by atoms with Crippen molar-refractivity contribution in [3.05, 3.63) is 90.1 Å². The number of para-hydroxylation sites is 1. The summed E-state index contributed by atoms with van der Waals surface area (Å²) in [5.41, 5.74) is 9.22. The fourth-order valence-electron chi connectivity index (χ4n) is 5.88. The van der Waals surface area contributed by atoms with Gasteiger partial charge in [-0.2, -0.15) is 0 Å². The number of benzene rings is 2. The van der Waals surface area contributed by atoms with E-state index in [9.17, 15) is 29.1 Å². The summed E-state index contributed by atoms with van der Waals surface area (Å²) in [7, 11) is 0. The molecule has 5 rings (SSSR count). The van der Waals surface area contributed by atoms with Gasteiger partial charge < -0.3 is 46.4 Å². The van der Waals surface area contributed by atoms with E-state index in [1.54, 1.807) is 11.1 Å². The number of aromatic amines is 2. The molecule has 264 valence electrons. The first-order chi connectivity index (χ1) is 24.2. The summed E-state index contributed by atoms with van der Waals surface area (Å²) in [6.07, 6.45) is 3.37. The van der Waals surface area contributed by atoms with Gasteiger partial charge in [0.1, 0.15) is 18.7 Å². The van der Waals surface area contributed by atoms with Crippen LogP contribution < -0.4 is 21.7 Å². The average molecular weight is 687 g/mol. The quantitative estimate of drug-likeness (QED) is 0.0963. The van der Waals surface area contributed by atoms with E-state index < -0.39 is 42.0 Å². The lowest BCUT2D eigenvalue weighted by molar-refractivity contribution is -0.143. The molecule has 3 atom stereocenters. The van der Waals surface area contributed by atoms with E-state index >= 15 is 0 Å². The number of nitrogens with two attached hydrogens (primary N) is 1. The molecule has 0 aliphatic carbocycles. The van der Waals surface area contributed by atoms with Gasteiger partial charge in [0.05, 0.1) is 12.4 Å². The Morgan fingerprint density at radius 2 is 1.68 bits per heavy atom. The molecule has 50 heavy (non-hydrogen) atoms. The zero-order chi connectivity index (χ0) is 35.5. The molecule has 8 N–H and O–H groups in total. The lowest BCUT2D eigenvalue weighted by Gasteiger charge is -2.33. The highest BCUT2D eigenvalue weighted by Crippen LogP contribution is 2.20. The van der Waals surface area contributed by atoms with Gasteiger partial charge in [-0.3, -0.25) is 14.4 Å². The van der Waals surface area contributed by atoms with Gasteiger partial charge in [0.15, 0.2) is 0 Å². The van der Waals surface area contributed by atoms with Gasteiger partial charge >= 0.3 is 12.1 Å². The van der Waals surface area contributed by atoms with E-state index in [4.69, 9.17) is 10.5 Å². The molecule has 1 saturated heterocycles. The number of alkyl carbamates (subject to hydrolysis) is 1. The first-order valence-corrected chi connectivity index (χ1v) is 16.5. The summed E-state index contributed by atoms with van der Waals surface area (Å²) in [4.78, 5) is 75.3. The molecule has 1 aliphatic rings. The Hall–Kier alpha value is -5.70. The molecule has 2 aromatic heterocycles. The number of piperidine rings is 1. The molecule has 4 amide bonds. The highest BCUT2D eigenvalue weighted by molar-refractivity contribution is 5.87. The Kier molecular flexibility index (Phi) is 12.2. The van der Waals surface area contributed by atoms with Gasteiger partial charge in [0.2, 0.25) is 17.7 Å². The Labute approximate surface area is 288 Å². The third-order valence-electron chi connectivity index (χ3n) is 8.67. The Morgan fingerprint density at radius 1 is 0.960 bits per heavy atom. The Morgan fingerprint density at radius 3 is 2.38 bits per heavy atom. The van der Waals surface area contributed by atoms with Crippen LogP contribution in [-0.2, 0) is 43.4 Å².